The molecule has 8 N–H and O–H groups in total. The minimum atomic E-state index is -1.48. The summed E-state index contributed by atoms with van der Waals surface area (Å²) < 4.78 is 12.2. The summed E-state index contributed by atoms with van der Waals surface area (Å²) in [6, 6.07) is -3.80. The predicted molar refractivity (Wildman–Crippen MR) is 196 cm³/mol. The molecule has 0 aromatic carbocycles. The molecule has 302 valence electrons. The van der Waals surface area contributed by atoms with E-state index in [0.717, 1.165) is 19.3 Å². The van der Waals surface area contributed by atoms with Crippen molar-refractivity contribution in [1.29, 1.82) is 0 Å². The lowest BCUT2D eigenvalue weighted by Crippen LogP contribution is -2.51. The number of esters is 1. The number of carbonyl (C=O) groups excluding carboxylic acids is 3. The Bertz CT molecular complexity index is 1170. The fourth-order valence-corrected chi connectivity index (χ4v) is 5.37. The Balaban J connectivity index is 4.48. The lowest BCUT2D eigenvalue weighted by Gasteiger charge is -2.45. The highest BCUT2D eigenvalue weighted by Crippen LogP contribution is 2.42. The molecule has 52 heavy (non-hydrogen) atoms. The van der Waals surface area contributed by atoms with E-state index in [-0.39, 0.29) is 41.5 Å². The van der Waals surface area contributed by atoms with Gasteiger partial charge in [0.1, 0.15) is 23.4 Å². The van der Waals surface area contributed by atoms with Gasteiger partial charge < -0.3 is 46.5 Å². The van der Waals surface area contributed by atoms with Crippen molar-refractivity contribution in [3.05, 3.63) is 0 Å². The van der Waals surface area contributed by atoms with Crippen LogP contribution in [0.5, 0.6) is 0 Å². The van der Waals surface area contributed by atoms with E-state index in [1.807, 2.05) is 27.7 Å². The number of nitrogens with one attached hydrogen (secondary N) is 3. The second-order valence-corrected chi connectivity index (χ2v) is 15.6. The first-order chi connectivity index (χ1) is 23.9. The number of aliphatic carboxylic acids is 3. The van der Waals surface area contributed by atoms with E-state index in [0.29, 0.717) is 58.1 Å². The number of ether oxygens (including phenoxy) is 2. The molecular formula is C37H68N4O11. The Morgan fingerprint density at radius 2 is 1.31 bits per heavy atom. The Kier molecular flexibility index (Phi) is 21.1. The maximum Gasteiger partial charge on any atom is 0.326 e. The van der Waals surface area contributed by atoms with Gasteiger partial charge >= 0.3 is 29.9 Å². The van der Waals surface area contributed by atoms with Gasteiger partial charge in [-0.15, -0.1) is 0 Å². The number of carbonyl (C=O) groups is 6. The van der Waals surface area contributed by atoms with Gasteiger partial charge in [-0.05, 0) is 77.0 Å². The molecule has 0 radical (unpaired) electrons. The zero-order chi connectivity index (χ0) is 40.3. The Morgan fingerprint density at radius 3 is 1.83 bits per heavy atom. The molecule has 0 aliphatic rings. The van der Waals surface area contributed by atoms with Crippen molar-refractivity contribution in [3.63, 3.8) is 0 Å². The zero-order valence-electron chi connectivity index (χ0n) is 33.0. The van der Waals surface area contributed by atoms with E-state index in [1.54, 1.807) is 0 Å². The van der Waals surface area contributed by atoms with E-state index < -0.39 is 53.8 Å². The van der Waals surface area contributed by atoms with Crippen LogP contribution in [0.3, 0.4) is 0 Å². The van der Waals surface area contributed by atoms with Crippen LogP contribution in [0.4, 0.5) is 4.79 Å². The van der Waals surface area contributed by atoms with Crippen LogP contribution in [0.15, 0.2) is 0 Å². The van der Waals surface area contributed by atoms with Crippen molar-refractivity contribution in [1.82, 2.24) is 16.0 Å². The first-order valence-electron chi connectivity index (χ1n) is 18.6. The van der Waals surface area contributed by atoms with Gasteiger partial charge in [-0.2, -0.15) is 0 Å². The monoisotopic (exact) mass is 744 g/mol. The van der Waals surface area contributed by atoms with Crippen LogP contribution in [0, 0.1) is 16.7 Å². The summed E-state index contributed by atoms with van der Waals surface area (Å²) in [4.78, 5) is 71.0. The highest BCUT2D eigenvalue weighted by molar-refractivity contribution is 5.86. The number of carboxylic acid groups (broad SMARTS) is 3. The maximum atomic E-state index is 13.1. The lowest BCUT2D eigenvalue weighted by molar-refractivity contribution is -0.183. The Labute approximate surface area is 309 Å². The normalized spacial score (nSPS) is 16.0. The van der Waals surface area contributed by atoms with Crippen LogP contribution in [0.1, 0.15) is 146 Å². The summed E-state index contributed by atoms with van der Waals surface area (Å²) in [7, 11) is 0. The SMILES string of the molecule is CCC(C)(C)C(C)C(=O)OC(C)(CC)C(C)(C)CCOC(C)(N)CCCCCC(=O)NCCCC[C@H](NC(=O)N[C@@H](CCC(=O)O)C(=O)O)C(=O)O. The van der Waals surface area contributed by atoms with Gasteiger partial charge in [-0.3, -0.25) is 14.4 Å². The number of nitrogens with two attached hydrogens (primary N) is 1. The molecule has 15 heteroatoms. The molecule has 0 aromatic heterocycles. The van der Waals surface area contributed by atoms with Crippen molar-refractivity contribution in [3.8, 4) is 0 Å². The summed E-state index contributed by atoms with van der Waals surface area (Å²) in [5, 5.41) is 34.4. The molecule has 0 heterocycles. The summed E-state index contributed by atoms with van der Waals surface area (Å²) >= 11 is 0. The largest absolute Gasteiger partial charge is 0.481 e. The van der Waals surface area contributed by atoms with Crippen LogP contribution in [-0.2, 0) is 33.4 Å². The van der Waals surface area contributed by atoms with E-state index in [4.69, 9.17) is 25.4 Å². The van der Waals surface area contributed by atoms with E-state index >= 15 is 0 Å². The number of unbranched alkanes of at least 4 members (excludes halogenated alkanes) is 3. The molecule has 0 rings (SSSR count). The van der Waals surface area contributed by atoms with Gasteiger partial charge in [0.25, 0.3) is 0 Å². The van der Waals surface area contributed by atoms with Crippen molar-refractivity contribution in [2.75, 3.05) is 13.2 Å². The van der Waals surface area contributed by atoms with Gasteiger partial charge in [-0.25, -0.2) is 14.4 Å². The smallest absolute Gasteiger partial charge is 0.326 e. The topological polar surface area (TPSA) is 244 Å². The lowest BCUT2D eigenvalue weighted by atomic mass is 9.71. The fourth-order valence-electron chi connectivity index (χ4n) is 5.37. The van der Waals surface area contributed by atoms with Crippen molar-refractivity contribution in [2.45, 2.75) is 169 Å². The van der Waals surface area contributed by atoms with E-state index in [9.17, 15) is 33.9 Å². The molecule has 0 aliphatic heterocycles. The first-order valence-corrected chi connectivity index (χ1v) is 18.6. The van der Waals surface area contributed by atoms with Gasteiger partial charge in [0.05, 0.1) is 5.92 Å². The third kappa shape index (κ3) is 18.3. The maximum absolute atomic E-state index is 13.1. The molecule has 0 saturated carbocycles. The Morgan fingerprint density at radius 1 is 0.731 bits per heavy atom. The van der Waals surface area contributed by atoms with Crippen LogP contribution in [0.2, 0.25) is 0 Å². The van der Waals surface area contributed by atoms with E-state index in [2.05, 4.69) is 50.6 Å². The number of amides is 3. The molecule has 0 aliphatic carbocycles. The quantitative estimate of drug-likeness (QED) is 0.0311. The van der Waals surface area contributed by atoms with Crippen LogP contribution in [0.25, 0.3) is 0 Å². The minimum absolute atomic E-state index is 0.0467. The molecule has 0 bridgehead atoms. The van der Waals surface area contributed by atoms with Crippen LogP contribution < -0.4 is 21.7 Å². The van der Waals surface area contributed by atoms with Crippen molar-refractivity contribution < 1.29 is 53.6 Å². The number of hydrogen-bond donors (Lipinski definition) is 7. The fraction of sp³-hybridized carbons (Fsp3) is 0.838. The van der Waals surface area contributed by atoms with Crippen LogP contribution >= 0.6 is 0 Å². The number of hydrogen-bond acceptors (Lipinski definition) is 9. The van der Waals surface area contributed by atoms with Crippen LogP contribution in [-0.4, -0.2) is 87.7 Å². The summed E-state index contributed by atoms with van der Waals surface area (Å²) in [6.07, 6.45) is 5.36. The molecule has 0 fully saturated rings. The zero-order valence-corrected chi connectivity index (χ0v) is 33.0. The van der Waals surface area contributed by atoms with Crippen molar-refractivity contribution in [2.24, 2.45) is 22.5 Å². The minimum Gasteiger partial charge on any atom is -0.481 e. The predicted octanol–water partition coefficient (Wildman–Crippen LogP) is 5.19. The van der Waals surface area contributed by atoms with Gasteiger partial charge in [0.2, 0.25) is 5.91 Å². The van der Waals surface area contributed by atoms with Gasteiger partial charge in [-0.1, -0.05) is 61.3 Å². The average Bonchev–Trinajstić information content (AvgIpc) is 3.04. The Hall–Kier alpha value is -3.46. The summed E-state index contributed by atoms with van der Waals surface area (Å²) in [5.41, 5.74) is 4.40. The third-order valence-electron chi connectivity index (χ3n) is 10.7. The number of carboxylic acids is 3. The molecule has 0 aromatic rings. The first kappa shape index (κ1) is 48.5. The molecule has 5 atom stereocenters. The number of rotatable bonds is 28. The van der Waals surface area contributed by atoms with Crippen molar-refractivity contribution >= 4 is 35.8 Å². The average molecular weight is 745 g/mol. The highest BCUT2D eigenvalue weighted by atomic mass is 16.6. The molecule has 3 amide bonds. The highest BCUT2D eigenvalue weighted by Gasteiger charge is 2.45. The summed E-state index contributed by atoms with van der Waals surface area (Å²) in [6.45, 7) is 18.9. The van der Waals surface area contributed by atoms with E-state index in [1.165, 1.54) is 0 Å². The molecule has 3 unspecified atom stereocenters. The summed E-state index contributed by atoms with van der Waals surface area (Å²) in [5.74, 6) is -4.51. The molecule has 0 saturated heterocycles. The standard InChI is InChI=1S/C37H68N4O11/c1-10-34(4,5)25(3)32(49)52-36(8,11-2)35(6,7)22-24-51-37(9,38)21-15-12-13-18-28(42)39-23-16-14-17-26(30(45)46)40-33(50)41-27(31(47)48)19-20-29(43)44/h25-27H,10-24,38H2,1-9H3,(H,39,42)(H,43,44)(H,45,46)(H,47,48)(H2,40,41,50)/t25?,26-,27-,36?,37?/m0/s1. The van der Waals surface area contributed by atoms with Gasteiger partial charge in [0.15, 0.2) is 0 Å². The molecule has 0 spiro atoms. The number of urea groups is 1. The second-order valence-electron chi connectivity index (χ2n) is 15.6. The third-order valence-corrected chi connectivity index (χ3v) is 10.7. The molecule has 15 nitrogen and oxygen atoms in total. The second kappa shape index (κ2) is 22.6. The van der Waals surface area contributed by atoms with Gasteiger partial charge in [0, 0.05) is 31.4 Å². The molecular weight excluding hydrogens is 676 g/mol.